The van der Waals surface area contributed by atoms with Crippen LogP contribution in [0.1, 0.15) is 46.3 Å². The van der Waals surface area contributed by atoms with Gasteiger partial charge in [-0.05, 0) is 78.7 Å². The number of allylic oxidation sites excluding steroid dienone is 1. The largest absolute Gasteiger partial charge is 0.496 e. The van der Waals surface area contributed by atoms with Gasteiger partial charge in [-0.2, -0.15) is 5.11 Å². The van der Waals surface area contributed by atoms with Crippen LogP contribution in [0.5, 0.6) is 5.75 Å². The van der Waals surface area contributed by atoms with Crippen LogP contribution in [0.2, 0.25) is 0 Å². The lowest BCUT2D eigenvalue weighted by atomic mass is 9.94. The Morgan fingerprint density at radius 1 is 1.11 bits per heavy atom. The quantitative estimate of drug-likeness (QED) is 0.170. The second-order valence-corrected chi connectivity index (χ2v) is 12.1. The lowest BCUT2D eigenvalue weighted by molar-refractivity contribution is 0.0779. The van der Waals surface area contributed by atoms with E-state index in [-0.39, 0.29) is 23.7 Å². The molecule has 0 spiro atoms. The Morgan fingerprint density at radius 2 is 1.94 bits per heavy atom. The van der Waals surface area contributed by atoms with Crippen molar-refractivity contribution in [1.29, 1.82) is 0 Å². The molecule has 0 bridgehead atoms. The number of anilines is 1. The second-order valence-electron chi connectivity index (χ2n) is 12.1. The maximum absolute atomic E-state index is 13.9. The number of fused-ring (bicyclic) bond motifs is 1. The highest BCUT2D eigenvalue weighted by Crippen LogP contribution is 2.29. The van der Waals surface area contributed by atoms with Gasteiger partial charge in [-0.3, -0.25) is 4.79 Å². The monoisotopic (exact) mass is 636 g/mol. The first-order valence-corrected chi connectivity index (χ1v) is 16.1. The van der Waals surface area contributed by atoms with Gasteiger partial charge < -0.3 is 24.0 Å². The number of nitrogens with zero attached hydrogens (tertiary/aromatic N) is 8. The molecule has 2 aliphatic rings. The number of carbonyl (C=O) groups excluding carboxylic acids is 1. The summed E-state index contributed by atoms with van der Waals surface area (Å²) in [5, 5.41) is 11.7. The Morgan fingerprint density at radius 3 is 2.70 bits per heavy atom. The molecule has 4 aromatic rings. The van der Waals surface area contributed by atoms with Gasteiger partial charge in [0.2, 0.25) is 5.95 Å². The van der Waals surface area contributed by atoms with Crippen molar-refractivity contribution in [2.24, 2.45) is 15.4 Å². The van der Waals surface area contributed by atoms with Crippen molar-refractivity contribution in [3.8, 4) is 5.75 Å². The van der Waals surface area contributed by atoms with Gasteiger partial charge in [0.05, 0.1) is 29.9 Å². The number of halogens is 1. The van der Waals surface area contributed by atoms with Crippen LogP contribution in [0.3, 0.4) is 0 Å². The van der Waals surface area contributed by atoms with Crippen LogP contribution >= 0.6 is 0 Å². The van der Waals surface area contributed by atoms with E-state index in [1.54, 1.807) is 37.4 Å². The van der Waals surface area contributed by atoms with E-state index in [0.717, 1.165) is 73.7 Å². The predicted octanol–water partition coefficient (Wildman–Crippen LogP) is 6.32. The van der Waals surface area contributed by atoms with Crippen LogP contribution in [0.15, 0.2) is 94.8 Å². The summed E-state index contributed by atoms with van der Waals surface area (Å²) in [4.78, 5) is 25.4. The minimum atomic E-state index is -0.324. The van der Waals surface area contributed by atoms with Gasteiger partial charge in [-0.25, -0.2) is 9.37 Å². The average Bonchev–Trinajstić information content (AvgIpc) is 3.70. The summed E-state index contributed by atoms with van der Waals surface area (Å²) >= 11 is 0. The molecule has 2 atom stereocenters. The van der Waals surface area contributed by atoms with E-state index in [1.807, 2.05) is 36.4 Å². The Balaban J connectivity index is 1.15. The van der Waals surface area contributed by atoms with Crippen molar-refractivity contribution in [3.63, 3.8) is 0 Å². The summed E-state index contributed by atoms with van der Waals surface area (Å²) in [6.07, 6.45) is 5.39. The Bertz CT molecular complexity index is 1760. The molecule has 244 valence electrons. The molecule has 1 fully saturated rings. The van der Waals surface area contributed by atoms with E-state index in [0.29, 0.717) is 24.4 Å². The Kier molecular flexibility index (Phi) is 10.0. The summed E-state index contributed by atoms with van der Waals surface area (Å²) in [7, 11) is 3.36. The van der Waals surface area contributed by atoms with Gasteiger partial charge in [0.1, 0.15) is 17.6 Å². The van der Waals surface area contributed by atoms with Crippen LogP contribution in [-0.2, 0) is 6.54 Å². The molecule has 3 aromatic carbocycles. The normalized spacial score (nSPS) is 17.2. The maximum Gasteiger partial charge on any atom is 0.257 e. The summed E-state index contributed by atoms with van der Waals surface area (Å²) in [6.45, 7) is 9.64. The minimum Gasteiger partial charge on any atom is -0.496 e. The topological polar surface area (TPSA) is 90.9 Å². The van der Waals surface area contributed by atoms with E-state index in [1.165, 1.54) is 12.1 Å². The number of hydrogen-bond donors (Lipinski definition) is 0. The van der Waals surface area contributed by atoms with Crippen molar-refractivity contribution < 1.29 is 13.9 Å². The van der Waals surface area contributed by atoms with Crippen LogP contribution in [-0.4, -0.2) is 84.9 Å². The standard InChI is InChI=1S/C36H41FN8O2/c1-4-17-45-33-9-6-5-8-31(33)39-36(45)44-19-7-18-43(21-22-44)20-16-28(26-10-13-29(37)14-11-26)25-42(2)35(46)30-23-27(12-15-34(30)47-3)32-24-38-41-40-32/h4-6,8-15,23-24,28,32H,1,7,16-22,25H2,2-3H3. The molecule has 2 unspecified atom stereocenters. The number of rotatable bonds is 12. The van der Waals surface area contributed by atoms with Crippen molar-refractivity contribution in [2.75, 3.05) is 58.3 Å². The molecule has 1 aromatic heterocycles. The molecule has 0 aliphatic carbocycles. The first-order valence-electron chi connectivity index (χ1n) is 16.1. The molecule has 0 saturated carbocycles. The number of amides is 1. The third kappa shape index (κ3) is 7.25. The van der Waals surface area contributed by atoms with Crippen LogP contribution in [0, 0.1) is 5.82 Å². The van der Waals surface area contributed by atoms with E-state index < -0.39 is 0 Å². The highest BCUT2D eigenvalue weighted by Gasteiger charge is 2.25. The smallest absolute Gasteiger partial charge is 0.257 e. The van der Waals surface area contributed by atoms with Gasteiger partial charge in [-0.1, -0.05) is 36.4 Å². The zero-order valence-corrected chi connectivity index (χ0v) is 27.0. The van der Waals surface area contributed by atoms with Crippen molar-refractivity contribution >= 4 is 29.1 Å². The molecule has 6 rings (SSSR count). The summed E-state index contributed by atoms with van der Waals surface area (Å²) in [5.74, 6) is 1.05. The number of imidazole rings is 1. The zero-order valence-electron chi connectivity index (χ0n) is 27.0. The lowest BCUT2D eigenvalue weighted by Gasteiger charge is -2.28. The van der Waals surface area contributed by atoms with Gasteiger partial charge in [0.15, 0.2) is 0 Å². The molecule has 2 aliphatic heterocycles. The molecule has 47 heavy (non-hydrogen) atoms. The van der Waals surface area contributed by atoms with Crippen LogP contribution in [0.4, 0.5) is 10.3 Å². The fraction of sp³-hybridized carbons (Fsp3) is 0.361. The van der Waals surface area contributed by atoms with E-state index in [9.17, 15) is 9.18 Å². The fourth-order valence-electron chi connectivity index (χ4n) is 6.50. The van der Waals surface area contributed by atoms with E-state index in [2.05, 4.69) is 48.5 Å². The van der Waals surface area contributed by atoms with E-state index >= 15 is 0 Å². The summed E-state index contributed by atoms with van der Waals surface area (Å²) < 4.78 is 21.7. The number of carbonyl (C=O) groups is 1. The number of benzene rings is 3. The number of likely N-dealkylation sites (N-methyl/N-ethyl adjacent to an activating group) is 1. The Labute approximate surface area is 274 Å². The fourth-order valence-corrected chi connectivity index (χ4v) is 6.50. The lowest BCUT2D eigenvalue weighted by Crippen LogP contribution is -2.35. The third-order valence-electron chi connectivity index (χ3n) is 9.02. The number of aromatic nitrogens is 2. The van der Waals surface area contributed by atoms with Gasteiger partial charge in [0, 0.05) is 45.7 Å². The van der Waals surface area contributed by atoms with Gasteiger partial charge >= 0.3 is 0 Å². The summed E-state index contributed by atoms with van der Waals surface area (Å²) in [5.41, 5.74) is 4.39. The molecule has 11 heteroatoms. The first kappa shape index (κ1) is 32.1. The number of para-hydroxylation sites is 2. The first-order chi connectivity index (χ1) is 22.9. The maximum atomic E-state index is 13.9. The van der Waals surface area contributed by atoms with Gasteiger partial charge in [-0.15, -0.1) is 11.7 Å². The SMILES string of the molecule is C=CCn1c(N2CCCN(CCC(CN(C)C(=O)c3cc(C4C=NN=N4)ccc3OC)c3ccc(F)cc3)CC2)nc2ccccc21. The number of hydrogen-bond acceptors (Lipinski definition) is 8. The third-order valence-corrected chi connectivity index (χ3v) is 9.02. The molecular weight excluding hydrogens is 595 g/mol. The second kappa shape index (κ2) is 14.7. The Hall–Kier alpha value is -4.90. The van der Waals surface area contributed by atoms with E-state index in [4.69, 9.17) is 9.72 Å². The van der Waals surface area contributed by atoms with Gasteiger partial charge in [0.25, 0.3) is 5.91 Å². The highest BCUT2D eigenvalue weighted by atomic mass is 19.1. The molecular formula is C36H41FN8O2. The minimum absolute atomic E-state index is 0.00522. The molecule has 0 radical (unpaired) electrons. The molecule has 1 amide bonds. The molecule has 0 N–H and O–H groups in total. The zero-order chi connectivity index (χ0) is 32.8. The predicted molar refractivity (Wildman–Crippen MR) is 183 cm³/mol. The number of ether oxygens (including phenoxy) is 1. The van der Waals surface area contributed by atoms with Crippen molar-refractivity contribution in [2.45, 2.75) is 31.3 Å². The number of methoxy groups -OCH3 is 1. The van der Waals surface area contributed by atoms with Crippen LogP contribution < -0.4 is 9.64 Å². The molecule has 3 heterocycles. The molecule has 10 nitrogen and oxygen atoms in total. The van der Waals surface area contributed by atoms with Crippen LogP contribution in [0.25, 0.3) is 11.0 Å². The van der Waals surface area contributed by atoms with Crippen molar-refractivity contribution in [3.05, 3.63) is 102 Å². The highest BCUT2D eigenvalue weighted by molar-refractivity contribution is 5.97. The van der Waals surface area contributed by atoms with Crippen molar-refractivity contribution in [1.82, 2.24) is 19.4 Å². The summed E-state index contributed by atoms with van der Waals surface area (Å²) in [6, 6.07) is 20.0. The average molecular weight is 637 g/mol. The molecule has 1 saturated heterocycles.